The number of nitrogens with zero attached hydrogens (tertiary/aromatic N) is 1. The molecule has 1 heterocycles. The first kappa shape index (κ1) is 10.9. The Morgan fingerprint density at radius 3 is 2.94 bits per heavy atom. The van der Waals surface area contributed by atoms with Crippen LogP contribution in [-0.2, 0) is 6.54 Å². The second kappa shape index (κ2) is 4.94. The molecule has 0 fully saturated rings. The molecule has 0 radical (unpaired) electrons. The van der Waals surface area contributed by atoms with E-state index in [0.29, 0.717) is 12.4 Å². The van der Waals surface area contributed by atoms with Crippen LogP contribution in [0.2, 0.25) is 0 Å². The molecule has 1 aromatic carbocycles. The predicted octanol–water partition coefficient (Wildman–Crippen LogP) is 2.14. The van der Waals surface area contributed by atoms with Crippen LogP contribution in [0.5, 0.6) is 0 Å². The quantitative estimate of drug-likeness (QED) is 0.905. The molecule has 1 aromatic heterocycles. The smallest absolute Gasteiger partial charge is 0.252 e. The molecule has 0 bridgehead atoms. The number of aromatic nitrogens is 2. The minimum atomic E-state index is -0.162. The number of aromatic amines is 1. The number of anilines is 1. The monoisotopic (exact) mass is 279 g/mol. The highest BCUT2D eigenvalue weighted by Gasteiger charge is 1.99. The summed E-state index contributed by atoms with van der Waals surface area (Å²) in [6, 6.07) is 9.33. The van der Waals surface area contributed by atoms with Crippen molar-refractivity contribution in [3.8, 4) is 0 Å². The summed E-state index contributed by atoms with van der Waals surface area (Å²) >= 11 is 3.46. The summed E-state index contributed by atoms with van der Waals surface area (Å²) in [6.45, 7) is 0.623. The van der Waals surface area contributed by atoms with E-state index >= 15 is 0 Å². The maximum absolute atomic E-state index is 11.0. The van der Waals surface area contributed by atoms with Crippen molar-refractivity contribution in [3.05, 3.63) is 57.0 Å². The van der Waals surface area contributed by atoms with Crippen LogP contribution in [0.25, 0.3) is 0 Å². The SMILES string of the molecule is O=c1cc(NCc2ccccc2Br)nc[nH]1. The molecular weight excluding hydrogens is 270 g/mol. The van der Waals surface area contributed by atoms with Gasteiger partial charge in [-0.15, -0.1) is 0 Å². The van der Waals surface area contributed by atoms with Crippen LogP contribution < -0.4 is 10.9 Å². The van der Waals surface area contributed by atoms with E-state index < -0.39 is 0 Å². The molecule has 2 rings (SSSR count). The maximum atomic E-state index is 11.0. The number of hydrogen-bond donors (Lipinski definition) is 2. The van der Waals surface area contributed by atoms with Crippen molar-refractivity contribution >= 4 is 21.7 Å². The Balaban J connectivity index is 2.08. The molecule has 0 aliphatic heterocycles. The second-order valence-electron chi connectivity index (χ2n) is 3.24. The van der Waals surface area contributed by atoms with Crippen molar-refractivity contribution in [1.82, 2.24) is 9.97 Å². The van der Waals surface area contributed by atoms with Gasteiger partial charge in [0.25, 0.3) is 5.56 Å². The Kier molecular flexibility index (Phi) is 3.36. The van der Waals surface area contributed by atoms with E-state index in [1.165, 1.54) is 12.4 Å². The number of nitrogens with one attached hydrogen (secondary N) is 2. The third-order valence-corrected chi connectivity index (χ3v) is 2.87. The summed E-state index contributed by atoms with van der Waals surface area (Å²) in [5, 5.41) is 3.08. The summed E-state index contributed by atoms with van der Waals surface area (Å²) in [4.78, 5) is 17.5. The lowest BCUT2D eigenvalue weighted by Gasteiger charge is -2.06. The minimum absolute atomic E-state index is 0.162. The van der Waals surface area contributed by atoms with E-state index in [0.717, 1.165) is 10.0 Å². The fraction of sp³-hybridized carbons (Fsp3) is 0.0909. The van der Waals surface area contributed by atoms with Gasteiger partial charge < -0.3 is 10.3 Å². The molecule has 82 valence electrons. The van der Waals surface area contributed by atoms with E-state index in [2.05, 4.69) is 31.2 Å². The Hall–Kier alpha value is -1.62. The third-order valence-electron chi connectivity index (χ3n) is 2.10. The van der Waals surface area contributed by atoms with Crippen molar-refractivity contribution in [2.45, 2.75) is 6.54 Å². The molecule has 2 aromatic rings. The van der Waals surface area contributed by atoms with Gasteiger partial charge in [0.15, 0.2) is 0 Å². The molecule has 2 N–H and O–H groups in total. The molecule has 0 unspecified atom stereocenters. The summed E-state index contributed by atoms with van der Waals surface area (Å²) in [6.07, 6.45) is 1.38. The first-order chi connectivity index (χ1) is 7.75. The van der Waals surface area contributed by atoms with Crippen LogP contribution in [0, 0.1) is 0 Å². The summed E-state index contributed by atoms with van der Waals surface area (Å²) in [7, 11) is 0. The molecule has 0 saturated heterocycles. The molecule has 5 heteroatoms. The van der Waals surface area contributed by atoms with E-state index in [1.807, 2.05) is 24.3 Å². The number of halogens is 1. The highest BCUT2D eigenvalue weighted by molar-refractivity contribution is 9.10. The molecule has 0 aliphatic rings. The van der Waals surface area contributed by atoms with Gasteiger partial charge >= 0.3 is 0 Å². The molecule has 0 saturated carbocycles. The van der Waals surface area contributed by atoms with E-state index in [4.69, 9.17) is 0 Å². The van der Waals surface area contributed by atoms with Crippen molar-refractivity contribution in [1.29, 1.82) is 0 Å². The Morgan fingerprint density at radius 1 is 1.38 bits per heavy atom. The third kappa shape index (κ3) is 2.70. The molecule has 4 nitrogen and oxygen atoms in total. The zero-order valence-corrected chi connectivity index (χ0v) is 9.99. The molecule has 0 atom stereocenters. The molecule has 16 heavy (non-hydrogen) atoms. The van der Waals surface area contributed by atoms with Gasteiger partial charge in [-0.3, -0.25) is 4.79 Å². The lowest BCUT2D eigenvalue weighted by Crippen LogP contribution is -2.09. The van der Waals surface area contributed by atoms with E-state index in [9.17, 15) is 4.79 Å². The van der Waals surface area contributed by atoms with Crippen molar-refractivity contribution in [2.75, 3.05) is 5.32 Å². The van der Waals surface area contributed by atoms with Gasteiger partial charge in [-0.05, 0) is 11.6 Å². The van der Waals surface area contributed by atoms with Crippen LogP contribution >= 0.6 is 15.9 Å². The van der Waals surface area contributed by atoms with E-state index in [-0.39, 0.29) is 5.56 Å². The van der Waals surface area contributed by atoms with Gasteiger partial charge in [0.2, 0.25) is 0 Å². The fourth-order valence-electron chi connectivity index (χ4n) is 1.29. The lowest BCUT2D eigenvalue weighted by atomic mass is 10.2. The molecular formula is C11H10BrN3O. The number of hydrogen-bond acceptors (Lipinski definition) is 3. The predicted molar refractivity (Wildman–Crippen MR) is 66.3 cm³/mol. The zero-order chi connectivity index (χ0) is 11.4. The first-order valence-corrected chi connectivity index (χ1v) is 5.57. The van der Waals surface area contributed by atoms with Crippen LogP contribution in [0.1, 0.15) is 5.56 Å². The van der Waals surface area contributed by atoms with Crippen molar-refractivity contribution in [3.63, 3.8) is 0 Å². The van der Waals surface area contributed by atoms with Gasteiger partial charge in [0.1, 0.15) is 5.82 Å². The topological polar surface area (TPSA) is 57.8 Å². The van der Waals surface area contributed by atoms with Crippen molar-refractivity contribution < 1.29 is 0 Å². The van der Waals surface area contributed by atoms with Crippen LogP contribution in [0.3, 0.4) is 0 Å². The normalized spacial score (nSPS) is 10.1. The van der Waals surface area contributed by atoms with Crippen molar-refractivity contribution in [2.24, 2.45) is 0 Å². The highest BCUT2D eigenvalue weighted by atomic mass is 79.9. The van der Waals surface area contributed by atoms with Gasteiger partial charge in [0, 0.05) is 17.1 Å². The number of benzene rings is 1. The zero-order valence-electron chi connectivity index (χ0n) is 8.40. The molecule has 0 spiro atoms. The molecule has 0 aliphatic carbocycles. The first-order valence-electron chi connectivity index (χ1n) is 4.78. The number of rotatable bonds is 3. The van der Waals surface area contributed by atoms with Gasteiger partial charge in [-0.25, -0.2) is 4.98 Å². The average molecular weight is 280 g/mol. The summed E-state index contributed by atoms with van der Waals surface area (Å²) < 4.78 is 1.03. The summed E-state index contributed by atoms with van der Waals surface area (Å²) in [5.41, 5.74) is 0.953. The van der Waals surface area contributed by atoms with E-state index in [1.54, 1.807) is 0 Å². The van der Waals surface area contributed by atoms with Crippen LogP contribution in [0.15, 0.2) is 45.9 Å². The number of H-pyrrole nitrogens is 1. The molecule has 0 amide bonds. The van der Waals surface area contributed by atoms with Crippen LogP contribution in [-0.4, -0.2) is 9.97 Å². The lowest BCUT2D eigenvalue weighted by molar-refractivity contribution is 1.06. The van der Waals surface area contributed by atoms with Gasteiger partial charge in [-0.1, -0.05) is 34.1 Å². The Morgan fingerprint density at radius 2 is 2.19 bits per heavy atom. The second-order valence-corrected chi connectivity index (χ2v) is 4.10. The maximum Gasteiger partial charge on any atom is 0.252 e. The highest BCUT2D eigenvalue weighted by Crippen LogP contribution is 2.16. The largest absolute Gasteiger partial charge is 0.366 e. The standard InChI is InChI=1S/C11H10BrN3O/c12-9-4-2-1-3-8(9)6-13-10-5-11(16)15-7-14-10/h1-5,7H,6H2,(H2,13,14,15,16). The van der Waals surface area contributed by atoms with Gasteiger partial charge in [0.05, 0.1) is 6.33 Å². The minimum Gasteiger partial charge on any atom is -0.366 e. The summed E-state index contributed by atoms with van der Waals surface area (Å²) in [5.74, 6) is 0.569. The van der Waals surface area contributed by atoms with Crippen LogP contribution in [0.4, 0.5) is 5.82 Å². The van der Waals surface area contributed by atoms with Gasteiger partial charge in [-0.2, -0.15) is 0 Å². The Labute approximate surface area is 101 Å². The Bertz CT molecular complexity index is 539. The fourth-order valence-corrected chi connectivity index (χ4v) is 1.72. The average Bonchev–Trinajstić information content (AvgIpc) is 2.28.